The van der Waals surface area contributed by atoms with Crippen molar-refractivity contribution in [1.82, 2.24) is 15.1 Å². The Bertz CT molecular complexity index is 661. The number of amides is 4. The van der Waals surface area contributed by atoms with Crippen molar-refractivity contribution in [2.24, 2.45) is 0 Å². The van der Waals surface area contributed by atoms with Crippen LogP contribution in [0.5, 0.6) is 0 Å². The number of halogens is 1. The lowest BCUT2D eigenvalue weighted by Gasteiger charge is -2.36. The number of fused-ring (bicyclic) bond motifs is 1. The van der Waals surface area contributed by atoms with Crippen molar-refractivity contribution >= 4 is 17.8 Å². The first-order chi connectivity index (χ1) is 11.0. The molecule has 23 heavy (non-hydrogen) atoms. The highest BCUT2D eigenvalue weighted by molar-refractivity contribution is 6.00. The second kappa shape index (κ2) is 5.98. The Hall–Kier alpha value is -2.44. The maximum absolute atomic E-state index is 13.5. The molecule has 1 fully saturated rings. The number of hydrogen-bond donors (Lipinski definition) is 1. The van der Waals surface area contributed by atoms with E-state index in [9.17, 15) is 18.8 Å². The number of carbonyl (C=O) groups is 3. The van der Waals surface area contributed by atoms with Crippen molar-refractivity contribution in [3.63, 3.8) is 0 Å². The molecule has 2 aliphatic rings. The third-order valence-corrected chi connectivity index (χ3v) is 4.42. The van der Waals surface area contributed by atoms with Gasteiger partial charge in [0, 0.05) is 19.5 Å². The lowest BCUT2D eigenvalue weighted by molar-refractivity contribution is -0.140. The van der Waals surface area contributed by atoms with E-state index in [-0.39, 0.29) is 36.6 Å². The molecule has 3 rings (SSSR count). The number of carbonyl (C=O) groups excluding carboxylic acids is 3. The smallest absolute Gasteiger partial charge is 0.324 e. The summed E-state index contributed by atoms with van der Waals surface area (Å²) in [6.07, 6.45) is 0.828. The summed E-state index contributed by atoms with van der Waals surface area (Å²) in [4.78, 5) is 38.6. The van der Waals surface area contributed by atoms with Crippen LogP contribution in [-0.2, 0) is 16.0 Å². The molecule has 122 valence electrons. The highest BCUT2D eigenvalue weighted by Crippen LogP contribution is 2.30. The van der Waals surface area contributed by atoms with E-state index < -0.39 is 6.03 Å². The number of benzene rings is 1. The number of rotatable bonds is 2. The first-order valence-electron chi connectivity index (χ1n) is 7.63. The minimum atomic E-state index is -0.536. The lowest BCUT2D eigenvalue weighted by Crippen LogP contribution is -2.54. The number of imide groups is 1. The maximum atomic E-state index is 13.5. The molecule has 1 aromatic rings. The molecule has 2 aliphatic heterocycles. The standard InChI is InChI=1S/C16H18FN3O3/c1-10-13-8-12(17)3-2-11(13)5-7-19(10)15(22)9-20-14(21)4-6-18-16(20)23/h2-3,8,10H,4-7,9H2,1H3,(H,18,23)/t10-/m0/s1. The van der Waals surface area contributed by atoms with Crippen molar-refractivity contribution in [2.45, 2.75) is 25.8 Å². The lowest BCUT2D eigenvalue weighted by atomic mass is 9.93. The average Bonchev–Trinajstić information content (AvgIpc) is 2.52. The van der Waals surface area contributed by atoms with Gasteiger partial charge in [-0.25, -0.2) is 9.18 Å². The van der Waals surface area contributed by atoms with Gasteiger partial charge in [-0.1, -0.05) is 6.07 Å². The zero-order valence-corrected chi connectivity index (χ0v) is 12.8. The molecule has 0 aliphatic carbocycles. The van der Waals surface area contributed by atoms with Crippen molar-refractivity contribution in [2.75, 3.05) is 19.6 Å². The zero-order chi connectivity index (χ0) is 16.6. The minimum Gasteiger partial charge on any atom is -0.337 e. The van der Waals surface area contributed by atoms with Gasteiger partial charge in [0.05, 0.1) is 6.04 Å². The van der Waals surface area contributed by atoms with E-state index in [0.29, 0.717) is 19.5 Å². The third-order valence-electron chi connectivity index (χ3n) is 4.42. The Balaban J connectivity index is 1.75. The first kappa shape index (κ1) is 15.5. The Morgan fingerprint density at radius 1 is 1.35 bits per heavy atom. The van der Waals surface area contributed by atoms with Crippen LogP contribution in [0.15, 0.2) is 18.2 Å². The average molecular weight is 319 g/mol. The Morgan fingerprint density at radius 2 is 2.13 bits per heavy atom. The molecule has 0 unspecified atom stereocenters. The van der Waals surface area contributed by atoms with Crippen LogP contribution in [0.25, 0.3) is 0 Å². The Labute approximate surface area is 133 Å². The topological polar surface area (TPSA) is 69.7 Å². The van der Waals surface area contributed by atoms with Crippen LogP contribution < -0.4 is 5.32 Å². The van der Waals surface area contributed by atoms with Crippen molar-refractivity contribution in [1.29, 1.82) is 0 Å². The Morgan fingerprint density at radius 3 is 2.87 bits per heavy atom. The van der Waals surface area contributed by atoms with Gasteiger partial charge >= 0.3 is 6.03 Å². The predicted molar refractivity (Wildman–Crippen MR) is 80.0 cm³/mol. The summed E-state index contributed by atoms with van der Waals surface area (Å²) in [5.41, 5.74) is 1.80. The maximum Gasteiger partial charge on any atom is 0.324 e. The second-order valence-corrected chi connectivity index (χ2v) is 5.82. The largest absolute Gasteiger partial charge is 0.337 e. The van der Waals surface area contributed by atoms with Gasteiger partial charge in [0.25, 0.3) is 0 Å². The quantitative estimate of drug-likeness (QED) is 0.891. The van der Waals surface area contributed by atoms with Crippen molar-refractivity contribution in [3.05, 3.63) is 35.1 Å². The summed E-state index contributed by atoms with van der Waals surface area (Å²) >= 11 is 0. The molecular weight excluding hydrogens is 301 g/mol. The van der Waals surface area contributed by atoms with Crippen LogP contribution in [0.3, 0.4) is 0 Å². The molecule has 2 heterocycles. The summed E-state index contributed by atoms with van der Waals surface area (Å²) < 4.78 is 13.5. The fourth-order valence-electron chi connectivity index (χ4n) is 3.13. The van der Waals surface area contributed by atoms with Crippen LogP contribution in [0.4, 0.5) is 9.18 Å². The zero-order valence-electron chi connectivity index (χ0n) is 12.8. The molecule has 1 N–H and O–H groups in total. The molecular formula is C16H18FN3O3. The molecule has 7 heteroatoms. The first-order valence-corrected chi connectivity index (χ1v) is 7.63. The van der Waals surface area contributed by atoms with Gasteiger partial charge in [-0.3, -0.25) is 14.5 Å². The van der Waals surface area contributed by atoms with Crippen LogP contribution in [0.1, 0.15) is 30.5 Å². The normalized spacial score (nSPS) is 21.0. The fraction of sp³-hybridized carbons (Fsp3) is 0.438. The van der Waals surface area contributed by atoms with E-state index in [1.54, 1.807) is 11.0 Å². The molecule has 0 saturated carbocycles. The SMILES string of the molecule is C[C@H]1c2cc(F)ccc2CCN1C(=O)CN1C(=O)CCNC1=O. The monoisotopic (exact) mass is 319 g/mol. The molecule has 1 atom stereocenters. The fourth-order valence-corrected chi connectivity index (χ4v) is 3.13. The molecule has 1 aromatic carbocycles. The van der Waals surface area contributed by atoms with E-state index >= 15 is 0 Å². The van der Waals surface area contributed by atoms with Gasteiger partial charge < -0.3 is 10.2 Å². The number of urea groups is 1. The summed E-state index contributed by atoms with van der Waals surface area (Å²) in [5.74, 6) is -0.994. The summed E-state index contributed by atoms with van der Waals surface area (Å²) in [5, 5.41) is 2.55. The van der Waals surface area contributed by atoms with Gasteiger partial charge in [0.2, 0.25) is 11.8 Å². The summed E-state index contributed by atoms with van der Waals surface area (Å²) in [6, 6.07) is 3.78. The third kappa shape index (κ3) is 2.91. The van der Waals surface area contributed by atoms with Gasteiger partial charge in [0.15, 0.2) is 0 Å². The van der Waals surface area contributed by atoms with Crippen LogP contribution in [0.2, 0.25) is 0 Å². The molecule has 0 radical (unpaired) electrons. The van der Waals surface area contributed by atoms with Gasteiger partial charge in [-0.05, 0) is 36.6 Å². The molecule has 0 aromatic heterocycles. The minimum absolute atomic E-state index is 0.197. The molecule has 0 bridgehead atoms. The van der Waals surface area contributed by atoms with Crippen molar-refractivity contribution in [3.8, 4) is 0 Å². The van der Waals surface area contributed by atoms with E-state index in [1.807, 2.05) is 6.92 Å². The highest BCUT2D eigenvalue weighted by atomic mass is 19.1. The summed E-state index contributed by atoms with van der Waals surface area (Å²) in [6.45, 7) is 2.34. The second-order valence-electron chi connectivity index (χ2n) is 5.82. The van der Waals surface area contributed by atoms with E-state index in [1.165, 1.54) is 12.1 Å². The highest BCUT2D eigenvalue weighted by Gasteiger charge is 2.33. The number of nitrogens with zero attached hydrogens (tertiary/aromatic N) is 2. The van der Waals surface area contributed by atoms with Crippen LogP contribution in [0, 0.1) is 5.82 Å². The summed E-state index contributed by atoms with van der Waals surface area (Å²) in [7, 11) is 0. The van der Waals surface area contributed by atoms with E-state index in [0.717, 1.165) is 16.0 Å². The number of nitrogens with one attached hydrogen (secondary N) is 1. The van der Waals surface area contributed by atoms with Crippen LogP contribution >= 0.6 is 0 Å². The van der Waals surface area contributed by atoms with Gasteiger partial charge in [-0.15, -0.1) is 0 Å². The predicted octanol–water partition coefficient (Wildman–Crippen LogP) is 1.21. The molecule has 6 nitrogen and oxygen atoms in total. The molecule has 0 spiro atoms. The number of hydrogen-bond acceptors (Lipinski definition) is 3. The molecule has 4 amide bonds. The Kier molecular flexibility index (Phi) is 4.02. The molecule has 1 saturated heterocycles. The van der Waals surface area contributed by atoms with E-state index in [2.05, 4.69) is 5.32 Å². The van der Waals surface area contributed by atoms with Gasteiger partial charge in [0.1, 0.15) is 12.4 Å². The van der Waals surface area contributed by atoms with E-state index in [4.69, 9.17) is 0 Å². The van der Waals surface area contributed by atoms with Crippen molar-refractivity contribution < 1.29 is 18.8 Å². The van der Waals surface area contributed by atoms with Gasteiger partial charge in [-0.2, -0.15) is 0 Å². The van der Waals surface area contributed by atoms with Crippen LogP contribution in [-0.4, -0.2) is 47.3 Å².